The minimum atomic E-state index is -0.220. The number of carbonyl (C=O) groups excluding carboxylic acids is 1. The fourth-order valence-electron chi connectivity index (χ4n) is 3.57. The maximum atomic E-state index is 13.0. The third kappa shape index (κ3) is 5.09. The molecule has 0 bridgehead atoms. The van der Waals surface area contributed by atoms with Crippen molar-refractivity contribution in [3.8, 4) is 0 Å². The van der Waals surface area contributed by atoms with Crippen molar-refractivity contribution < 1.29 is 13.9 Å². The molecule has 0 N–H and O–H groups in total. The van der Waals surface area contributed by atoms with E-state index in [0.717, 1.165) is 23.1 Å². The van der Waals surface area contributed by atoms with Crippen molar-refractivity contribution in [1.29, 1.82) is 0 Å². The summed E-state index contributed by atoms with van der Waals surface area (Å²) in [5, 5.41) is 4.14. The minimum absolute atomic E-state index is 0.114. The molecule has 1 unspecified atom stereocenters. The molecule has 0 radical (unpaired) electrons. The highest BCUT2D eigenvalue weighted by Crippen LogP contribution is 2.24. The van der Waals surface area contributed by atoms with Crippen molar-refractivity contribution in [2.45, 2.75) is 25.5 Å². The molecule has 1 atom stereocenters. The van der Waals surface area contributed by atoms with E-state index in [2.05, 4.69) is 29.4 Å². The van der Waals surface area contributed by atoms with Gasteiger partial charge < -0.3 is 9.64 Å². The van der Waals surface area contributed by atoms with Crippen LogP contribution in [0.1, 0.15) is 29.2 Å². The van der Waals surface area contributed by atoms with E-state index in [-0.39, 0.29) is 17.8 Å². The van der Waals surface area contributed by atoms with Gasteiger partial charge in [0, 0.05) is 31.9 Å². The molecule has 1 amide bonds. The summed E-state index contributed by atoms with van der Waals surface area (Å²) in [6.07, 6.45) is 4.66. The Kier molecular flexibility index (Phi) is 6.00. The lowest BCUT2D eigenvalue weighted by atomic mass is 10.0. The van der Waals surface area contributed by atoms with E-state index in [4.69, 9.17) is 4.74 Å². The molecular formula is C23H24FN3O2. The second-order valence-electron chi connectivity index (χ2n) is 7.26. The van der Waals surface area contributed by atoms with Gasteiger partial charge in [0.2, 0.25) is 5.91 Å². The molecule has 5 nitrogen and oxygen atoms in total. The van der Waals surface area contributed by atoms with E-state index < -0.39 is 0 Å². The monoisotopic (exact) mass is 393 g/mol. The molecule has 1 aliphatic rings. The summed E-state index contributed by atoms with van der Waals surface area (Å²) in [6.45, 7) is 2.31. The number of amides is 1. The van der Waals surface area contributed by atoms with Crippen molar-refractivity contribution in [1.82, 2.24) is 14.7 Å². The fraction of sp³-hybridized carbons (Fsp3) is 0.304. The zero-order valence-electron chi connectivity index (χ0n) is 16.2. The number of hydrogen-bond acceptors (Lipinski definition) is 3. The Labute approximate surface area is 169 Å². The van der Waals surface area contributed by atoms with E-state index in [0.29, 0.717) is 32.7 Å². The first-order valence-corrected chi connectivity index (χ1v) is 9.87. The van der Waals surface area contributed by atoms with Gasteiger partial charge in [-0.05, 0) is 41.3 Å². The van der Waals surface area contributed by atoms with Gasteiger partial charge in [-0.2, -0.15) is 5.10 Å². The number of rotatable bonds is 6. The van der Waals surface area contributed by atoms with E-state index >= 15 is 0 Å². The second kappa shape index (κ2) is 9.01. The summed E-state index contributed by atoms with van der Waals surface area (Å²) in [4.78, 5) is 14.4. The van der Waals surface area contributed by atoms with Crippen LogP contribution in [-0.2, 0) is 22.5 Å². The Morgan fingerprint density at radius 2 is 1.83 bits per heavy atom. The molecule has 6 heteroatoms. The summed E-state index contributed by atoms with van der Waals surface area (Å²) in [5.74, 6) is -0.0935. The molecule has 29 heavy (non-hydrogen) atoms. The Bertz CT molecular complexity index is 924. The standard InChI is InChI=1S/C23H24FN3O2/c24-21-8-4-19(5-9-21)16-18-2-6-20(7-3-18)22-17-26(14-15-29-22)23(28)10-13-27-12-1-11-25-27/h1-9,11-12,22H,10,13-17H2. The largest absolute Gasteiger partial charge is 0.370 e. The van der Waals surface area contributed by atoms with Crippen molar-refractivity contribution in [2.75, 3.05) is 19.7 Å². The van der Waals surface area contributed by atoms with Crippen LogP contribution >= 0.6 is 0 Å². The van der Waals surface area contributed by atoms with Crippen molar-refractivity contribution >= 4 is 5.91 Å². The van der Waals surface area contributed by atoms with Gasteiger partial charge >= 0.3 is 0 Å². The van der Waals surface area contributed by atoms with Gasteiger partial charge in [0.05, 0.1) is 13.2 Å². The topological polar surface area (TPSA) is 47.4 Å². The maximum Gasteiger partial charge on any atom is 0.224 e. The normalized spacial score (nSPS) is 16.7. The molecule has 0 spiro atoms. The number of halogens is 1. The molecule has 0 aliphatic carbocycles. The molecule has 1 aromatic heterocycles. The van der Waals surface area contributed by atoms with Crippen LogP contribution in [0.25, 0.3) is 0 Å². The van der Waals surface area contributed by atoms with Crippen molar-refractivity contribution in [3.63, 3.8) is 0 Å². The van der Waals surface area contributed by atoms with Gasteiger partial charge in [0.1, 0.15) is 11.9 Å². The number of nitrogens with zero attached hydrogens (tertiary/aromatic N) is 3. The van der Waals surface area contributed by atoms with Gasteiger partial charge in [-0.1, -0.05) is 36.4 Å². The molecule has 3 aromatic rings. The van der Waals surface area contributed by atoms with Gasteiger partial charge in [-0.15, -0.1) is 0 Å². The van der Waals surface area contributed by atoms with Crippen LogP contribution in [0, 0.1) is 5.82 Å². The number of hydrogen-bond donors (Lipinski definition) is 0. The van der Waals surface area contributed by atoms with Crippen molar-refractivity contribution in [2.24, 2.45) is 0 Å². The van der Waals surface area contributed by atoms with Gasteiger partial charge in [-0.3, -0.25) is 9.48 Å². The summed E-state index contributed by atoms with van der Waals surface area (Å²) in [5.41, 5.74) is 3.29. The highest BCUT2D eigenvalue weighted by atomic mass is 19.1. The summed E-state index contributed by atoms with van der Waals surface area (Å²) >= 11 is 0. The van der Waals surface area contributed by atoms with Gasteiger partial charge in [0.15, 0.2) is 0 Å². The van der Waals surface area contributed by atoms with Crippen LogP contribution in [-0.4, -0.2) is 40.3 Å². The lowest BCUT2D eigenvalue weighted by Crippen LogP contribution is -2.42. The predicted octanol–water partition coefficient (Wildman–Crippen LogP) is 3.60. The van der Waals surface area contributed by atoms with E-state index in [1.807, 2.05) is 17.2 Å². The van der Waals surface area contributed by atoms with Crippen LogP contribution in [0.2, 0.25) is 0 Å². The smallest absolute Gasteiger partial charge is 0.224 e. The molecule has 2 heterocycles. The van der Waals surface area contributed by atoms with Crippen LogP contribution < -0.4 is 0 Å². The van der Waals surface area contributed by atoms with Crippen LogP contribution in [0.4, 0.5) is 4.39 Å². The van der Waals surface area contributed by atoms with Gasteiger partial charge in [0.25, 0.3) is 0 Å². The lowest BCUT2D eigenvalue weighted by molar-refractivity contribution is -0.139. The zero-order valence-corrected chi connectivity index (χ0v) is 16.2. The predicted molar refractivity (Wildman–Crippen MR) is 108 cm³/mol. The van der Waals surface area contributed by atoms with E-state index in [1.54, 1.807) is 23.0 Å². The number of aryl methyl sites for hydroxylation is 1. The summed E-state index contributed by atoms with van der Waals surface area (Å²) in [7, 11) is 0. The lowest BCUT2D eigenvalue weighted by Gasteiger charge is -2.33. The first-order valence-electron chi connectivity index (χ1n) is 9.87. The Morgan fingerprint density at radius 3 is 2.52 bits per heavy atom. The minimum Gasteiger partial charge on any atom is -0.370 e. The first kappa shape index (κ1) is 19.3. The number of ether oxygens (including phenoxy) is 1. The van der Waals surface area contributed by atoms with Crippen LogP contribution in [0.15, 0.2) is 67.0 Å². The highest BCUT2D eigenvalue weighted by molar-refractivity contribution is 5.76. The molecule has 0 saturated carbocycles. The summed E-state index contributed by atoms with van der Waals surface area (Å²) < 4.78 is 20.7. The van der Waals surface area contributed by atoms with Crippen LogP contribution in [0.5, 0.6) is 0 Å². The average Bonchev–Trinajstić information content (AvgIpc) is 3.28. The van der Waals surface area contributed by atoms with Gasteiger partial charge in [-0.25, -0.2) is 4.39 Å². The summed E-state index contributed by atoms with van der Waals surface area (Å²) in [6, 6.07) is 16.7. The van der Waals surface area contributed by atoms with E-state index in [1.165, 1.54) is 12.1 Å². The SMILES string of the molecule is O=C(CCn1cccn1)N1CCOC(c2ccc(Cc3ccc(F)cc3)cc2)C1. The molecule has 4 rings (SSSR count). The third-order valence-corrected chi connectivity index (χ3v) is 5.21. The zero-order chi connectivity index (χ0) is 20.1. The fourth-order valence-corrected chi connectivity index (χ4v) is 3.57. The molecule has 1 saturated heterocycles. The number of carbonyl (C=O) groups is 1. The second-order valence-corrected chi connectivity index (χ2v) is 7.26. The Balaban J connectivity index is 1.34. The first-order chi connectivity index (χ1) is 14.2. The molecule has 1 fully saturated rings. The van der Waals surface area contributed by atoms with E-state index in [9.17, 15) is 9.18 Å². The third-order valence-electron chi connectivity index (χ3n) is 5.21. The Hall–Kier alpha value is -2.99. The number of morpholine rings is 1. The molecule has 2 aromatic carbocycles. The maximum absolute atomic E-state index is 13.0. The average molecular weight is 393 g/mol. The quantitative estimate of drug-likeness (QED) is 0.643. The number of aromatic nitrogens is 2. The molecule has 1 aliphatic heterocycles. The molecule has 150 valence electrons. The molecular weight excluding hydrogens is 369 g/mol. The highest BCUT2D eigenvalue weighted by Gasteiger charge is 2.25. The number of benzene rings is 2. The van der Waals surface area contributed by atoms with Crippen LogP contribution in [0.3, 0.4) is 0 Å². The van der Waals surface area contributed by atoms with Crippen molar-refractivity contribution in [3.05, 3.63) is 89.5 Å². The Morgan fingerprint density at radius 1 is 1.10 bits per heavy atom.